The van der Waals surface area contributed by atoms with E-state index >= 15 is 0 Å². The van der Waals surface area contributed by atoms with E-state index in [-0.39, 0.29) is 6.04 Å². The molecule has 19 heavy (non-hydrogen) atoms. The number of hydrazine groups is 1. The van der Waals surface area contributed by atoms with Gasteiger partial charge in [0.25, 0.3) is 0 Å². The highest BCUT2D eigenvalue weighted by Gasteiger charge is 2.28. The summed E-state index contributed by atoms with van der Waals surface area (Å²) in [6.45, 7) is 0. The monoisotopic (exact) mass is 257 g/mol. The molecule has 0 spiro atoms. The van der Waals surface area contributed by atoms with Crippen molar-refractivity contribution in [3.8, 4) is 5.69 Å². The standard InChI is InChI=1S/C14H19N5/c15-17-14(11-6-4-5-7-11)13-10-16-18-19(13)12-8-2-1-3-9-12/h1-3,8-11,14,17H,4-7,15H2. The summed E-state index contributed by atoms with van der Waals surface area (Å²) in [5, 5.41) is 8.25. The van der Waals surface area contributed by atoms with Crippen molar-refractivity contribution in [1.82, 2.24) is 20.4 Å². The van der Waals surface area contributed by atoms with Crippen LogP contribution in [0.4, 0.5) is 0 Å². The van der Waals surface area contributed by atoms with E-state index in [0.717, 1.165) is 11.4 Å². The van der Waals surface area contributed by atoms with Gasteiger partial charge in [0.05, 0.1) is 23.6 Å². The number of nitrogens with one attached hydrogen (secondary N) is 1. The SMILES string of the molecule is NNC(c1cnnn1-c1ccccc1)C1CCCC1. The second kappa shape index (κ2) is 5.50. The average molecular weight is 257 g/mol. The molecule has 5 nitrogen and oxygen atoms in total. The maximum atomic E-state index is 5.77. The summed E-state index contributed by atoms with van der Waals surface area (Å²) in [6.07, 6.45) is 6.82. The first-order valence-corrected chi connectivity index (χ1v) is 6.82. The van der Waals surface area contributed by atoms with E-state index in [9.17, 15) is 0 Å². The Morgan fingerprint density at radius 2 is 1.95 bits per heavy atom. The van der Waals surface area contributed by atoms with Gasteiger partial charge in [0, 0.05) is 0 Å². The molecule has 3 N–H and O–H groups in total. The lowest BCUT2D eigenvalue weighted by molar-refractivity contribution is 0.360. The van der Waals surface area contributed by atoms with E-state index in [1.807, 2.05) is 41.2 Å². The Labute approximate surface area is 112 Å². The quantitative estimate of drug-likeness (QED) is 0.649. The molecule has 1 aromatic carbocycles. The molecule has 0 bridgehead atoms. The fraction of sp³-hybridized carbons (Fsp3) is 0.429. The van der Waals surface area contributed by atoms with Crippen LogP contribution >= 0.6 is 0 Å². The summed E-state index contributed by atoms with van der Waals surface area (Å²) < 4.78 is 1.88. The van der Waals surface area contributed by atoms with Crippen molar-refractivity contribution in [2.75, 3.05) is 0 Å². The number of benzene rings is 1. The normalized spacial score (nSPS) is 17.7. The highest BCUT2D eigenvalue weighted by atomic mass is 15.4. The van der Waals surface area contributed by atoms with Crippen molar-refractivity contribution < 1.29 is 0 Å². The Hall–Kier alpha value is -1.72. The summed E-state index contributed by atoms with van der Waals surface area (Å²) >= 11 is 0. The van der Waals surface area contributed by atoms with Gasteiger partial charge in [-0.25, -0.2) is 4.68 Å². The van der Waals surface area contributed by atoms with E-state index in [4.69, 9.17) is 5.84 Å². The van der Waals surface area contributed by atoms with Crippen LogP contribution in [0.5, 0.6) is 0 Å². The van der Waals surface area contributed by atoms with Gasteiger partial charge < -0.3 is 0 Å². The molecule has 1 unspecified atom stereocenters. The molecule has 0 aliphatic heterocycles. The van der Waals surface area contributed by atoms with E-state index in [2.05, 4.69) is 15.7 Å². The van der Waals surface area contributed by atoms with Crippen LogP contribution in [0.3, 0.4) is 0 Å². The van der Waals surface area contributed by atoms with Crippen LogP contribution in [0.15, 0.2) is 36.5 Å². The van der Waals surface area contributed by atoms with Crippen molar-refractivity contribution in [3.05, 3.63) is 42.2 Å². The number of para-hydroxylation sites is 1. The fourth-order valence-electron chi connectivity index (χ4n) is 2.98. The molecule has 1 saturated carbocycles. The minimum atomic E-state index is 0.123. The van der Waals surface area contributed by atoms with E-state index in [1.54, 1.807) is 0 Å². The molecule has 0 radical (unpaired) electrons. The largest absolute Gasteiger partial charge is 0.271 e. The lowest BCUT2D eigenvalue weighted by Crippen LogP contribution is -2.34. The molecule has 1 aliphatic rings. The Kier molecular flexibility index (Phi) is 3.57. The van der Waals surface area contributed by atoms with Crippen LogP contribution in [-0.2, 0) is 0 Å². The zero-order chi connectivity index (χ0) is 13.1. The molecule has 2 aromatic rings. The Balaban J connectivity index is 1.94. The predicted octanol–water partition coefficient (Wildman–Crippen LogP) is 1.96. The van der Waals surface area contributed by atoms with E-state index < -0.39 is 0 Å². The third-order valence-electron chi connectivity index (χ3n) is 3.95. The molecular weight excluding hydrogens is 238 g/mol. The number of rotatable bonds is 4. The maximum absolute atomic E-state index is 5.77. The first-order valence-electron chi connectivity index (χ1n) is 6.82. The summed E-state index contributed by atoms with van der Waals surface area (Å²) in [4.78, 5) is 0. The highest BCUT2D eigenvalue weighted by Crippen LogP contribution is 2.35. The fourth-order valence-corrected chi connectivity index (χ4v) is 2.98. The summed E-state index contributed by atoms with van der Waals surface area (Å²) in [5.41, 5.74) is 5.02. The van der Waals surface area contributed by atoms with Crippen molar-refractivity contribution in [1.29, 1.82) is 0 Å². The number of hydrogen-bond acceptors (Lipinski definition) is 4. The molecular formula is C14H19N5. The zero-order valence-electron chi connectivity index (χ0n) is 10.9. The van der Waals surface area contributed by atoms with Crippen molar-refractivity contribution in [2.24, 2.45) is 11.8 Å². The first kappa shape index (κ1) is 12.3. The molecule has 1 fully saturated rings. The molecule has 100 valence electrons. The molecule has 1 atom stereocenters. The predicted molar refractivity (Wildman–Crippen MR) is 73.4 cm³/mol. The zero-order valence-corrected chi connectivity index (χ0v) is 10.9. The molecule has 1 heterocycles. The van der Waals surface area contributed by atoms with Crippen molar-refractivity contribution in [2.45, 2.75) is 31.7 Å². The molecule has 5 heteroatoms. The van der Waals surface area contributed by atoms with Gasteiger partial charge in [0.2, 0.25) is 0 Å². The van der Waals surface area contributed by atoms with Gasteiger partial charge in [-0.1, -0.05) is 36.3 Å². The number of aromatic nitrogens is 3. The van der Waals surface area contributed by atoms with Gasteiger partial charge >= 0.3 is 0 Å². The summed E-state index contributed by atoms with van der Waals surface area (Å²) in [7, 11) is 0. The van der Waals surface area contributed by atoms with Gasteiger partial charge in [-0.3, -0.25) is 11.3 Å². The second-order valence-electron chi connectivity index (χ2n) is 5.10. The van der Waals surface area contributed by atoms with Gasteiger partial charge in [0.1, 0.15) is 0 Å². The third-order valence-corrected chi connectivity index (χ3v) is 3.95. The van der Waals surface area contributed by atoms with Crippen LogP contribution in [0.25, 0.3) is 5.69 Å². The van der Waals surface area contributed by atoms with Crippen LogP contribution in [0.2, 0.25) is 0 Å². The van der Waals surface area contributed by atoms with Crippen LogP contribution in [-0.4, -0.2) is 15.0 Å². The van der Waals surface area contributed by atoms with Gasteiger partial charge in [0.15, 0.2) is 0 Å². The highest BCUT2D eigenvalue weighted by molar-refractivity contribution is 5.32. The summed E-state index contributed by atoms with van der Waals surface area (Å²) in [5.74, 6) is 6.35. The Morgan fingerprint density at radius 3 is 2.63 bits per heavy atom. The van der Waals surface area contributed by atoms with Gasteiger partial charge in [-0.2, -0.15) is 0 Å². The van der Waals surface area contributed by atoms with Gasteiger partial charge in [-0.15, -0.1) is 5.10 Å². The molecule has 0 amide bonds. The second-order valence-corrected chi connectivity index (χ2v) is 5.10. The first-order chi connectivity index (χ1) is 9.40. The van der Waals surface area contributed by atoms with E-state index in [0.29, 0.717) is 5.92 Å². The third kappa shape index (κ3) is 2.39. The molecule has 1 aliphatic carbocycles. The lowest BCUT2D eigenvalue weighted by atomic mass is 9.96. The minimum absolute atomic E-state index is 0.123. The molecule has 0 saturated heterocycles. The van der Waals surface area contributed by atoms with Gasteiger partial charge in [-0.05, 0) is 30.9 Å². The Bertz CT molecular complexity index is 516. The lowest BCUT2D eigenvalue weighted by Gasteiger charge is -2.22. The number of hydrogen-bond donors (Lipinski definition) is 2. The van der Waals surface area contributed by atoms with Crippen molar-refractivity contribution >= 4 is 0 Å². The van der Waals surface area contributed by atoms with Crippen LogP contribution in [0, 0.1) is 5.92 Å². The molecule has 1 aromatic heterocycles. The number of nitrogens with two attached hydrogens (primary N) is 1. The van der Waals surface area contributed by atoms with Crippen LogP contribution in [0.1, 0.15) is 37.4 Å². The smallest absolute Gasteiger partial charge is 0.0831 e. The van der Waals surface area contributed by atoms with Crippen molar-refractivity contribution in [3.63, 3.8) is 0 Å². The maximum Gasteiger partial charge on any atom is 0.0831 e. The minimum Gasteiger partial charge on any atom is -0.271 e. The average Bonchev–Trinajstić information content (AvgIpc) is 3.12. The van der Waals surface area contributed by atoms with E-state index in [1.165, 1.54) is 25.7 Å². The molecule has 3 rings (SSSR count). The summed E-state index contributed by atoms with van der Waals surface area (Å²) in [6, 6.07) is 10.2. The van der Waals surface area contributed by atoms with Crippen LogP contribution < -0.4 is 11.3 Å². The topological polar surface area (TPSA) is 68.8 Å². The number of nitrogens with zero attached hydrogens (tertiary/aromatic N) is 3. The Morgan fingerprint density at radius 1 is 1.21 bits per heavy atom.